The van der Waals surface area contributed by atoms with Gasteiger partial charge in [0.05, 0.1) is 12.0 Å². The third kappa shape index (κ3) is 2.66. The molecule has 0 aliphatic carbocycles. The minimum atomic E-state index is -0.197. The smallest absolute Gasteiger partial charge is 0.157 e. The number of hydrogen-bond acceptors (Lipinski definition) is 3. The summed E-state index contributed by atoms with van der Waals surface area (Å²) in [6.07, 6.45) is 5.24. The van der Waals surface area contributed by atoms with Crippen LogP contribution in [0.5, 0.6) is 0 Å². The molecule has 1 N–H and O–H groups in total. The number of nitrogens with one attached hydrogen (secondary N) is 1. The number of halogens is 1. The highest BCUT2D eigenvalue weighted by molar-refractivity contribution is 5.89. The van der Waals surface area contributed by atoms with Crippen LogP contribution in [0.15, 0.2) is 28.9 Å². The molecule has 1 atom stereocenters. The highest BCUT2D eigenvalue weighted by Crippen LogP contribution is 2.30. The van der Waals surface area contributed by atoms with Gasteiger partial charge in [-0.1, -0.05) is 19.8 Å². The molecule has 0 amide bonds. The van der Waals surface area contributed by atoms with Gasteiger partial charge in [-0.3, -0.25) is 0 Å². The van der Waals surface area contributed by atoms with Crippen LogP contribution in [-0.4, -0.2) is 25.7 Å². The van der Waals surface area contributed by atoms with Crippen LogP contribution in [0.1, 0.15) is 26.2 Å². The minimum Gasteiger partial charge on any atom is -0.462 e. The lowest BCUT2D eigenvalue weighted by Gasteiger charge is -2.35. The highest BCUT2D eigenvalue weighted by Gasteiger charge is 2.22. The summed E-state index contributed by atoms with van der Waals surface area (Å²) in [6, 6.07) is 5.42. The van der Waals surface area contributed by atoms with Gasteiger partial charge in [-0.05, 0) is 18.6 Å². The number of fused-ring (bicyclic) bond motifs is 1. The predicted octanol–water partition coefficient (Wildman–Crippen LogP) is 3.54. The van der Waals surface area contributed by atoms with Crippen molar-refractivity contribution < 1.29 is 8.81 Å². The Kier molecular flexibility index (Phi) is 3.92. The maximum atomic E-state index is 13.7. The molecule has 3 rings (SSSR count). The van der Waals surface area contributed by atoms with E-state index in [9.17, 15) is 4.39 Å². The molecule has 0 unspecified atom stereocenters. The maximum Gasteiger partial charge on any atom is 0.157 e. The van der Waals surface area contributed by atoms with E-state index < -0.39 is 0 Å². The molecule has 1 saturated heterocycles. The normalized spacial score (nSPS) is 19.7. The largest absolute Gasteiger partial charge is 0.462 e. The van der Waals surface area contributed by atoms with Gasteiger partial charge in [0.25, 0.3) is 0 Å². The summed E-state index contributed by atoms with van der Waals surface area (Å²) in [5, 5.41) is 4.38. The summed E-state index contributed by atoms with van der Waals surface area (Å²) < 4.78 is 19.3. The van der Waals surface area contributed by atoms with Crippen LogP contribution in [0.4, 0.5) is 10.1 Å². The lowest BCUT2D eigenvalue weighted by atomic mass is 10.1. The van der Waals surface area contributed by atoms with Crippen LogP contribution in [0, 0.1) is 5.82 Å². The molecule has 20 heavy (non-hydrogen) atoms. The first-order chi connectivity index (χ1) is 9.78. The van der Waals surface area contributed by atoms with E-state index in [4.69, 9.17) is 4.42 Å². The van der Waals surface area contributed by atoms with Crippen molar-refractivity contribution in [2.45, 2.75) is 32.2 Å². The van der Waals surface area contributed by atoms with E-state index in [-0.39, 0.29) is 5.82 Å². The molecular weight excluding hydrogens is 255 g/mol. The van der Waals surface area contributed by atoms with E-state index >= 15 is 0 Å². The molecule has 1 fully saturated rings. The monoisotopic (exact) mass is 276 g/mol. The molecule has 3 nitrogen and oxygen atoms in total. The summed E-state index contributed by atoms with van der Waals surface area (Å²) in [4.78, 5) is 2.24. The van der Waals surface area contributed by atoms with Crippen molar-refractivity contribution in [2.24, 2.45) is 0 Å². The summed E-state index contributed by atoms with van der Waals surface area (Å²) in [5.74, 6) is -0.197. The van der Waals surface area contributed by atoms with Gasteiger partial charge in [-0.15, -0.1) is 0 Å². The third-order valence-electron chi connectivity index (χ3n) is 4.00. The van der Waals surface area contributed by atoms with Crippen molar-refractivity contribution in [3.63, 3.8) is 0 Å². The fourth-order valence-electron chi connectivity index (χ4n) is 2.95. The Labute approximate surface area is 118 Å². The zero-order valence-corrected chi connectivity index (χ0v) is 11.9. The summed E-state index contributed by atoms with van der Waals surface area (Å²) >= 11 is 0. The molecule has 2 heterocycles. The fourth-order valence-corrected chi connectivity index (χ4v) is 2.95. The second-order valence-corrected chi connectivity index (χ2v) is 5.50. The third-order valence-corrected chi connectivity index (χ3v) is 4.00. The van der Waals surface area contributed by atoms with Gasteiger partial charge < -0.3 is 14.6 Å². The van der Waals surface area contributed by atoms with Gasteiger partial charge in [0, 0.05) is 37.1 Å². The molecule has 1 aromatic carbocycles. The topological polar surface area (TPSA) is 28.4 Å². The Morgan fingerprint density at radius 3 is 3.20 bits per heavy atom. The van der Waals surface area contributed by atoms with E-state index in [1.165, 1.54) is 25.3 Å². The first-order valence-corrected chi connectivity index (χ1v) is 7.43. The SMILES string of the molecule is CCCC[C@H]1CN(c2cc(F)cc3ccoc23)CCN1. The maximum absolute atomic E-state index is 13.7. The summed E-state index contributed by atoms with van der Waals surface area (Å²) in [5.41, 5.74) is 1.68. The lowest BCUT2D eigenvalue weighted by molar-refractivity contribution is 0.422. The number of nitrogens with zero attached hydrogens (tertiary/aromatic N) is 1. The first-order valence-electron chi connectivity index (χ1n) is 7.43. The van der Waals surface area contributed by atoms with E-state index in [1.807, 2.05) is 6.07 Å². The molecule has 0 saturated carbocycles. The van der Waals surface area contributed by atoms with Crippen LogP contribution < -0.4 is 10.2 Å². The van der Waals surface area contributed by atoms with Crippen LogP contribution >= 0.6 is 0 Å². The van der Waals surface area contributed by atoms with Crippen molar-refractivity contribution in [3.05, 3.63) is 30.3 Å². The fraction of sp³-hybridized carbons (Fsp3) is 0.500. The standard InChI is InChI=1S/C16H21FN2O/c1-2-3-4-14-11-19(7-6-18-14)15-10-13(17)9-12-5-8-20-16(12)15/h5,8-10,14,18H,2-4,6-7,11H2,1H3/t14-/m0/s1. The van der Waals surface area contributed by atoms with E-state index in [1.54, 1.807) is 12.3 Å². The number of benzene rings is 1. The van der Waals surface area contributed by atoms with E-state index in [0.717, 1.165) is 36.3 Å². The van der Waals surface area contributed by atoms with Crippen LogP contribution in [-0.2, 0) is 0 Å². The van der Waals surface area contributed by atoms with Gasteiger partial charge in [0.1, 0.15) is 5.82 Å². The van der Waals surface area contributed by atoms with Gasteiger partial charge in [-0.2, -0.15) is 0 Å². The van der Waals surface area contributed by atoms with E-state index in [0.29, 0.717) is 6.04 Å². The molecule has 1 aromatic heterocycles. The van der Waals surface area contributed by atoms with Crippen LogP contribution in [0.2, 0.25) is 0 Å². The average molecular weight is 276 g/mol. The first kappa shape index (κ1) is 13.4. The molecule has 1 aliphatic rings. The Hall–Kier alpha value is -1.55. The van der Waals surface area contributed by atoms with Crippen molar-refractivity contribution in [1.82, 2.24) is 5.32 Å². The number of furan rings is 1. The molecule has 0 bridgehead atoms. The quantitative estimate of drug-likeness (QED) is 0.926. The van der Waals surface area contributed by atoms with Crippen LogP contribution in [0.25, 0.3) is 11.0 Å². The van der Waals surface area contributed by atoms with Crippen LogP contribution in [0.3, 0.4) is 0 Å². The number of unbranched alkanes of at least 4 members (excludes halogenated alkanes) is 1. The summed E-state index contributed by atoms with van der Waals surface area (Å²) in [7, 11) is 0. The van der Waals surface area contributed by atoms with Gasteiger partial charge in [-0.25, -0.2) is 4.39 Å². The molecular formula is C16H21FN2O. The predicted molar refractivity (Wildman–Crippen MR) is 79.7 cm³/mol. The minimum absolute atomic E-state index is 0.197. The molecule has 1 aliphatic heterocycles. The van der Waals surface area contributed by atoms with Gasteiger partial charge >= 0.3 is 0 Å². The van der Waals surface area contributed by atoms with Crippen molar-refractivity contribution in [1.29, 1.82) is 0 Å². The van der Waals surface area contributed by atoms with Crippen molar-refractivity contribution in [2.75, 3.05) is 24.5 Å². The number of anilines is 1. The molecule has 0 radical (unpaired) electrons. The molecule has 0 spiro atoms. The average Bonchev–Trinajstić information content (AvgIpc) is 2.92. The second kappa shape index (κ2) is 5.83. The summed E-state index contributed by atoms with van der Waals surface area (Å²) in [6.45, 7) is 4.95. The lowest BCUT2D eigenvalue weighted by Crippen LogP contribution is -2.50. The Balaban J connectivity index is 1.84. The zero-order chi connectivity index (χ0) is 13.9. The number of rotatable bonds is 4. The molecule has 4 heteroatoms. The number of hydrogen-bond donors (Lipinski definition) is 1. The zero-order valence-electron chi connectivity index (χ0n) is 11.9. The second-order valence-electron chi connectivity index (χ2n) is 5.50. The Morgan fingerprint density at radius 2 is 2.35 bits per heavy atom. The Bertz CT molecular complexity index is 581. The molecule has 108 valence electrons. The highest BCUT2D eigenvalue weighted by atomic mass is 19.1. The van der Waals surface area contributed by atoms with Crippen molar-refractivity contribution in [3.8, 4) is 0 Å². The van der Waals surface area contributed by atoms with E-state index in [2.05, 4.69) is 17.1 Å². The van der Waals surface area contributed by atoms with Crippen molar-refractivity contribution >= 4 is 16.7 Å². The van der Waals surface area contributed by atoms with Gasteiger partial charge in [0.2, 0.25) is 0 Å². The molecule has 2 aromatic rings. The number of piperazine rings is 1. The van der Waals surface area contributed by atoms with Gasteiger partial charge in [0.15, 0.2) is 5.58 Å². The Morgan fingerprint density at radius 1 is 1.45 bits per heavy atom.